The van der Waals surface area contributed by atoms with E-state index in [9.17, 15) is 19.4 Å². The number of nitrogens with two attached hydrogens (primary N) is 1. The summed E-state index contributed by atoms with van der Waals surface area (Å²) in [6.07, 6.45) is 40.0. The summed E-state index contributed by atoms with van der Waals surface area (Å²) in [5, 5.41) is 13.7. The van der Waals surface area contributed by atoms with Crippen molar-refractivity contribution >= 4 is 13.7 Å². The van der Waals surface area contributed by atoms with Crippen molar-refractivity contribution in [3.05, 3.63) is 36.5 Å². The molecule has 8 nitrogen and oxygen atoms in total. The Labute approximate surface area is 295 Å². The number of allylic oxidation sites excluding steroid dienone is 6. The third-order valence-corrected chi connectivity index (χ3v) is 9.49. The molecule has 0 bridgehead atoms. The summed E-state index contributed by atoms with van der Waals surface area (Å²) in [4.78, 5) is 22.6. The first-order valence-corrected chi connectivity index (χ1v) is 21.1. The van der Waals surface area contributed by atoms with Crippen molar-refractivity contribution in [3.8, 4) is 0 Å². The van der Waals surface area contributed by atoms with E-state index in [1.165, 1.54) is 70.6 Å². The topological polar surface area (TPSA) is 131 Å². The molecule has 0 aliphatic heterocycles. The largest absolute Gasteiger partial charge is 0.472 e. The number of unbranched alkanes of at least 4 members (excludes halogenated alkanes) is 18. The molecule has 3 unspecified atom stereocenters. The fraction of sp³-hybridized carbons (Fsp3) is 0.821. The first-order chi connectivity index (χ1) is 23.4. The lowest BCUT2D eigenvalue weighted by Gasteiger charge is -2.25. The Bertz CT molecular complexity index is 850. The molecule has 0 saturated heterocycles. The summed E-state index contributed by atoms with van der Waals surface area (Å²) in [7, 11) is -4.31. The highest BCUT2D eigenvalue weighted by molar-refractivity contribution is 7.47. The van der Waals surface area contributed by atoms with E-state index in [1.54, 1.807) is 0 Å². The molecule has 0 saturated carbocycles. The van der Waals surface area contributed by atoms with Gasteiger partial charge in [-0.05, 0) is 44.9 Å². The Hall–Kier alpha value is -1.28. The standard InChI is InChI=1S/C39H75N2O6P/c1-3-5-7-9-11-13-15-17-19-21-23-25-27-29-31-33-39(43)41-37(36-47-48(44,45)46-35-34-40)38(42)32-30-28-26-24-22-20-18-16-14-12-10-8-6-4-2/h5,7,11,13,17,19,37-38,42H,3-4,6,8-10,12,14-16,18,20-36,40H2,1-2H3,(H,41,43)(H,44,45)/b7-5-,13-11-,19-17-. The second-order valence-corrected chi connectivity index (χ2v) is 14.6. The van der Waals surface area contributed by atoms with Crippen molar-refractivity contribution in [1.82, 2.24) is 5.32 Å². The quantitative estimate of drug-likeness (QED) is 0.0291. The maximum absolute atomic E-state index is 12.7. The van der Waals surface area contributed by atoms with Crippen LogP contribution in [0.4, 0.5) is 0 Å². The molecule has 1 amide bonds. The van der Waals surface area contributed by atoms with Gasteiger partial charge < -0.3 is 21.1 Å². The summed E-state index contributed by atoms with van der Waals surface area (Å²) in [6, 6.07) is -0.782. The Morgan fingerprint density at radius 1 is 0.708 bits per heavy atom. The summed E-state index contributed by atoms with van der Waals surface area (Å²) in [5.41, 5.74) is 5.36. The van der Waals surface area contributed by atoms with E-state index in [0.717, 1.165) is 77.0 Å². The molecule has 3 atom stereocenters. The minimum Gasteiger partial charge on any atom is -0.391 e. The van der Waals surface area contributed by atoms with Crippen LogP contribution in [0.25, 0.3) is 0 Å². The number of carbonyl (C=O) groups excluding carboxylic acids is 1. The zero-order valence-electron chi connectivity index (χ0n) is 31.0. The van der Waals surface area contributed by atoms with Crippen LogP contribution in [-0.2, 0) is 18.4 Å². The van der Waals surface area contributed by atoms with Crippen molar-refractivity contribution in [2.45, 2.75) is 187 Å². The first kappa shape index (κ1) is 46.7. The van der Waals surface area contributed by atoms with Gasteiger partial charge in [0, 0.05) is 13.0 Å². The summed E-state index contributed by atoms with van der Waals surface area (Å²) >= 11 is 0. The van der Waals surface area contributed by atoms with Crippen LogP contribution in [0.3, 0.4) is 0 Å². The molecule has 282 valence electrons. The molecular weight excluding hydrogens is 623 g/mol. The fourth-order valence-electron chi connectivity index (χ4n) is 5.56. The number of carbonyl (C=O) groups is 1. The number of phosphoric ester groups is 1. The van der Waals surface area contributed by atoms with Crippen LogP contribution in [-0.4, -0.2) is 47.8 Å². The number of rotatable bonds is 36. The molecule has 0 aromatic carbocycles. The van der Waals surface area contributed by atoms with E-state index in [1.807, 2.05) is 0 Å². The average molecular weight is 699 g/mol. The van der Waals surface area contributed by atoms with Crippen LogP contribution < -0.4 is 11.1 Å². The predicted molar refractivity (Wildman–Crippen MR) is 203 cm³/mol. The molecule has 0 spiro atoms. The van der Waals surface area contributed by atoms with Gasteiger partial charge in [-0.2, -0.15) is 0 Å². The molecule has 0 radical (unpaired) electrons. The van der Waals surface area contributed by atoms with Crippen LogP contribution in [0, 0.1) is 0 Å². The zero-order valence-corrected chi connectivity index (χ0v) is 31.9. The van der Waals surface area contributed by atoms with Crippen molar-refractivity contribution in [1.29, 1.82) is 0 Å². The highest BCUT2D eigenvalue weighted by atomic mass is 31.2. The van der Waals surface area contributed by atoms with Gasteiger partial charge in [-0.25, -0.2) is 4.57 Å². The van der Waals surface area contributed by atoms with Crippen molar-refractivity contribution in [2.24, 2.45) is 5.73 Å². The van der Waals surface area contributed by atoms with Gasteiger partial charge in [0.1, 0.15) is 0 Å². The van der Waals surface area contributed by atoms with E-state index in [4.69, 9.17) is 14.8 Å². The lowest BCUT2D eigenvalue weighted by atomic mass is 10.0. The van der Waals surface area contributed by atoms with E-state index in [2.05, 4.69) is 55.6 Å². The van der Waals surface area contributed by atoms with Gasteiger partial charge in [-0.3, -0.25) is 13.8 Å². The number of nitrogens with one attached hydrogen (secondary N) is 1. The molecule has 0 aromatic heterocycles. The van der Waals surface area contributed by atoms with Crippen LogP contribution in [0.1, 0.15) is 174 Å². The monoisotopic (exact) mass is 699 g/mol. The Morgan fingerprint density at radius 3 is 1.77 bits per heavy atom. The lowest BCUT2D eigenvalue weighted by molar-refractivity contribution is -0.123. The first-order valence-electron chi connectivity index (χ1n) is 19.6. The number of amides is 1. The second kappa shape index (κ2) is 35.5. The normalized spacial score (nSPS) is 14.7. The van der Waals surface area contributed by atoms with Crippen molar-refractivity contribution in [2.75, 3.05) is 19.8 Å². The molecule has 0 aliphatic rings. The minimum atomic E-state index is -4.31. The Morgan fingerprint density at radius 2 is 1.21 bits per heavy atom. The van der Waals surface area contributed by atoms with Crippen LogP contribution in [0.2, 0.25) is 0 Å². The van der Waals surface area contributed by atoms with E-state index in [-0.39, 0.29) is 25.7 Å². The average Bonchev–Trinajstić information content (AvgIpc) is 3.07. The van der Waals surface area contributed by atoms with Gasteiger partial charge in [0.25, 0.3) is 0 Å². The summed E-state index contributed by atoms with van der Waals surface area (Å²) in [6.45, 7) is 4.07. The molecule has 0 fully saturated rings. The molecule has 0 aliphatic carbocycles. The van der Waals surface area contributed by atoms with Crippen molar-refractivity contribution in [3.63, 3.8) is 0 Å². The summed E-state index contributed by atoms with van der Waals surface area (Å²) < 4.78 is 22.1. The number of aliphatic hydroxyl groups is 1. The second-order valence-electron chi connectivity index (χ2n) is 13.1. The molecular formula is C39H75N2O6P. The third kappa shape index (κ3) is 33.2. The number of aliphatic hydroxyl groups excluding tert-OH is 1. The van der Waals surface area contributed by atoms with E-state index < -0.39 is 20.0 Å². The van der Waals surface area contributed by atoms with Crippen molar-refractivity contribution < 1.29 is 28.4 Å². The Balaban J connectivity index is 4.26. The van der Waals surface area contributed by atoms with Gasteiger partial charge in [0.05, 0.1) is 25.4 Å². The molecule has 9 heteroatoms. The smallest absolute Gasteiger partial charge is 0.391 e. The van der Waals surface area contributed by atoms with Crippen LogP contribution in [0.5, 0.6) is 0 Å². The molecule has 0 heterocycles. The fourth-order valence-corrected chi connectivity index (χ4v) is 6.32. The van der Waals surface area contributed by atoms with E-state index >= 15 is 0 Å². The molecule has 48 heavy (non-hydrogen) atoms. The van der Waals surface area contributed by atoms with Gasteiger partial charge in [0.15, 0.2) is 0 Å². The van der Waals surface area contributed by atoms with Crippen LogP contribution in [0.15, 0.2) is 36.5 Å². The molecule has 0 aromatic rings. The van der Waals surface area contributed by atoms with Gasteiger partial charge in [0.2, 0.25) is 5.91 Å². The number of phosphoric acid groups is 1. The highest BCUT2D eigenvalue weighted by Crippen LogP contribution is 2.43. The molecule has 5 N–H and O–H groups in total. The van der Waals surface area contributed by atoms with E-state index in [0.29, 0.717) is 12.8 Å². The predicted octanol–water partition coefficient (Wildman–Crippen LogP) is 10.4. The zero-order chi connectivity index (χ0) is 35.4. The van der Waals surface area contributed by atoms with Crippen LogP contribution >= 0.6 is 7.82 Å². The number of hydrogen-bond acceptors (Lipinski definition) is 6. The third-order valence-electron chi connectivity index (χ3n) is 8.51. The highest BCUT2D eigenvalue weighted by Gasteiger charge is 2.27. The minimum absolute atomic E-state index is 0.0849. The Kier molecular flexibility index (Phi) is 34.6. The SMILES string of the molecule is CC/C=C\C/C=C\C/C=C\CCCCCCCC(=O)NC(COP(=O)(O)OCCN)C(O)CCCCCCCCCCCCCCCC. The molecule has 0 rings (SSSR count). The maximum Gasteiger partial charge on any atom is 0.472 e. The number of hydrogen-bond donors (Lipinski definition) is 4. The lowest BCUT2D eigenvalue weighted by Crippen LogP contribution is -2.46. The summed E-state index contributed by atoms with van der Waals surface area (Å²) in [5.74, 6) is -0.180. The van der Waals surface area contributed by atoms with Gasteiger partial charge in [-0.1, -0.05) is 159 Å². The van der Waals surface area contributed by atoms with Gasteiger partial charge >= 0.3 is 7.82 Å². The van der Waals surface area contributed by atoms with Gasteiger partial charge in [-0.15, -0.1) is 0 Å². The maximum atomic E-state index is 12.7.